The number of carbonyl (C=O) groups is 5. The van der Waals surface area contributed by atoms with Gasteiger partial charge in [0.1, 0.15) is 23.9 Å². The second-order valence-corrected chi connectivity index (χ2v) is 9.50. The number of benzene rings is 1. The summed E-state index contributed by atoms with van der Waals surface area (Å²) in [5, 5.41) is 35.6. The van der Waals surface area contributed by atoms with E-state index < -0.39 is 60.2 Å². The molecule has 2 rings (SSSR count). The van der Waals surface area contributed by atoms with E-state index in [-0.39, 0.29) is 25.0 Å². The molecule has 15 heteroatoms. The fraction of sp³-hybridized carbons (Fsp3) is 0.462. The summed E-state index contributed by atoms with van der Waals surface area (Å²) in [4.78, 5) is 68.9. The number of hydrogen-bond donors (Lipinski definition) is 9. The van der Waals surface area contributed by atoms with E-state index in [1.54, 1.807) is 0 Å². The Bertz CT molecular complexity index is 1160. The minimum absolute atomic E-state index is 0.0191. The van der Waals surface area contributed by atoms with Crippen LogP contribution in [0.15, 0.2) is 36.8 Å². The predicted octanol–water partition coefficient (Wildman–Crippen LogP) is -1.24. The zero-order valence-electron chi connectivity index (χ0n) is 22.4. The Labute approximate surface area is 236 Å². The van der Waals surface area contributed by atoms with Gasteiger partial charge in [0.2, 0.25) is 17.7 Å². The van der Waals surface area contributed by atoms with Crippen molar-refractivity contribution >= 4 is 29.7 Å². The number of nitrogens with two attached hydrogens (primary N) is 2. The lowest BCUT2D eigenvalue weighted by Gasteiger charge is -2.25. The third-order valence-electron chi connectivity index (χ3n) is 6.19. The van der Waals surface area contributed by atoms with Crippen LogP contribution >= 0.6 is 0 Å². The molecular formula is C26H37N7O8. The highest BCUT2D eigenvalue weighted by Crippen LogP contribution is 2.12. The zero-order chi connectivity index (χ0) is 30.4. The van der Waals surface area contributed by atoms with Crippen molar-refractivity contribution in [1.29, 1.82) is 0 Å². The van der Waals surface area contributed by atoms with Gasteiger partial charge in [0, 0.05) is 31.2 Å². The average Bonchev–Trinajstić information content (AvgIpc) is 3.44. The highest BCUT2D eigenvalue weighted by atomic mass is 16.4. The number of amides is 3. The molecule has 1 aromatic carbocycles. The predicted molar refractivity (Wildman–Crippen MR) is 145 cm³/mol. The Hall–Kier alpha value is -4.50. The summed E-state index contributed by atoms with van der Waals surface area (Å²) in [6, 6.07) is 0.739. The van der Waals surface area contributed by atoms with E-state index in [2.05, 4.69) is 25.9 Å². The molecule has 0 saturated carbocycles. The number of carboxylic acid groups (broad SMARTS) is 2. The molecule has 11 N–H and O–H groups in total. The minimum atomic E-state index is -1.43. The number of carboxylic acids is 2. The van der Waals surface area contributed by atoms with E-state index >= 15 is 0 Å². The van der Waals surface area contributed by atoms with Gasteiger partial charge in [0.15, 0.2) is 0 Å². The molecule has 0 bridgehead atoms. The number of hydrogen-bond acceptors (Lipinski definition) is 9. The van der Waals surface area contributed by atoms with Crippen LogP contribution in [0.3, 0.4) is 0 Å². The van der Waals surface area contributed by atoms with Crippen molar-refractivity contribution in [2.75, 3.05) is 6.54 Å². The van der Waals surface area contributed by atoms with Crippen LogP contribution in [0.2, 0.25) is 0 Å². The minimum Gasteiger partial charge on any atom is -0.508 e. The molecule has 41 heavy (non-hydrogen) atoms. The molecule has 1 aromatic heterocycles. The number of unbranched alkanes of at least 4 members (excludes halogenated alkanes) is 1. The molecule has 0 spiro atoms. The van der Waals surface area contributed by atoms with Crippen LogP contribution in [-0.4, -0.2) is 85.7 Å². The van der Waals surface area contributed by atoms with Crippen molar-refractivity contribution in [3.63, 3.8) is 0 Å². The molecule has 0 fully saturated rings. The van der Waals surface area contributed by atoms with Crippen LogP contribution in [0.5, 0.6) is 5.75 Å². The number of carbonyl (C=O) groups excluding carboxylic acids is 3. The summed E-state index contributed by atoms with van der Waals surface area (Å²) in [6.07, 6.45) is 3.41. The lowest BCUT2D eigenvalue weighted by atomic mass is 10.0. The van der Waals surface area contributed by atoms with Crippen molar-refractivity contribution in [3.8, 4) is 5.75 Å². The van der Waals surface area contributed by atoms with Crippen molar-refractivity contribution in [1.82, 2.24) is 25.9 Å². The maximum atomic E-state index is 13.3. The van der Waals surface area contributed by atoms with Gasteiger partial charge in [0.25, 0.3) is 0 Å². The molecule has 0 aliphatic carbocycles. The lowest BCUT2D eigenvalue weighted by molar-refractivity contribution is -0.143. The molecule has 15 nitrogen and oxygen atoms in total. The summed E-state index contributed by atoms with van der Waals surface area (Å²) >= 11 is 0. The van der Waals surface area contributed by atoms with Crippen LogP contribution in [0.25, 0.3) is 0 Å². The van der Waals surface area contributed by atoms with Gasteiger partial charge in [-0.25, -0.2) is 9.78 Å². The van der Waals surface area contributed by atoms with E-state index in [4.69, 9.17) is 16.6 Å². The SMILES string of the molecule is NCCCCC(N)C(=O)NC(Cc1cnc[nH]1)C(=O)NC(CCC(=O)O)C(=O)NC(Cc1ccc(O)cc1)C(=O)O. The monoisotopic (exact) mass is 575 g/mol. The summed E-state index contributed by atoms with van der Waals surface area (Å²) < 4.78 is 0. The van der Waals surface area contributed by atoms with Gasteiger partial charge in [-0.2, -0.15) is 0 Å². The highest BCUT2D eigenvalue weighted by Gasteiger charge is 2.31. The Morgan fingerprint density at radius 2 is 1.49 bits per heavy atom. The first-order chi connectivity index (χ1) is 19.5. The zero-order valence-corrected chi connectivity index (χ0v) is 22.4. The number of aromatic nitrogens is 2. The number of imidazole rings is 1. The number of nitrogens with one attached hydrogen (secondary N) is 4. The maximum absolute atomic E-state index is 13.3. The summed E-state index contributed by atoms with van der Waals surface area (Å²) in [5.74, 6) is -4.94. The molecular weight excluding hydrogens is 538 g/mol. The largest absolute Gasteiger partial charge is 0.508 e. The Morgan fingerprint density at radius 1 is 0.854 bits per heavy atom. The van der Waals surface area contributed by atoms with Gasteiger partial charge in [-0.1, -0.05) is 18.6 Å². The summed E-state index contributed by atoms with van der Waals surface area (Å²) in [6.45, 7) is 0.441. The van der Waals surface area contributed by atoms with Crippen molar-refractivity contribution in [3.05, 3.63) is 48.0 Å². The smallest absolute Gasteiger partial charge is 0.326 e. The first-order valence-corrected chi connectivity index (χ1v) is 13.1. The van der Waals surface area contributed by atoms with Gasteiger partial charge in [0.05, 0.1) is 12.4 Å². The van der Waals surface area contributed by atoms with Crippen LogP contribution in [0.1, 0.15) is 43.4 Å². The fourth-order valence-electron chi connectivity index (χ4n) is 3.89. The number of aromatic amines is 1. The standard InChI is InChI=1S/C26H37N7O8/c27-10-2-1-3-18(28)23(37)32-20(12-16-13-29-14-30-16)25(39)31-19(8-9-22(35)36)24(38)33-21(26(40)41)11-15-4-6-17(34)7-5-15/h4-7,13-14,18-21,34H,1-3,8-12,27-28H2,(H,29,30)(H,31,39)(H,32,37)(H,33,38)(H,35,36)(H,40,41). The Balaban J connectivity index is 2.19. The second kappa shape index (κ2) is 16.6. The highest BCUT2D eigenvalue weighted by molar-refractivity contribution is 5.94. The van der Waals surface area contributed by atoms with Crippen LogP contribution in [0.4, 0.5) is 0 Å². The molecule has 0 radical (unpaired) electrons. The molecule has 1 heterocycles. The number of nitrogens with zero attached hydrogens (tertiary/aromatic N) is 1. The third kappa shape index (κ3) is 11.6. The Morgan fingerprint density at radius 3 is 2.07 bits per heavy atom. The molecule has 2 aromatic rings. The van der Waals surface area contributed by atoms with Gasteiger partial charge in [-0.3, -0.25) is 19.2 Å². The molecule has 4 atom stereocenters. The quantitative estimate of drug-likeness (QED) is 0.0949. The topological polar surface area (TPSA) is 263 Å². The van der Waals surface area contributed by atoms with Gasteiger partial charge in [-0.05, 0) is 43.5 Å². The van der Waals surface area contributed by atoms with E-state index in [1.807, 2.05) is 0 Å². The van der Waals surface area contributed by atoms with Gasteiger partial charge < -0.3 is 47.7 Å². The van der Waals surface area contributed by atoms with E-state index in [0.717, 1.165) is 0 Å². The third-order valence-corrected chi connectivity index (χ3v) is 6.19. The number of phenols is 1. The van der Waals surface area contributed by atoms with Crippen molar-refractivity contribution in [2.45, 2.75) is 69.1 Å². The lowest BCUT2D eigenvalue weighted by Crippen LogP contribution is -2.57. The van der Waals surface area contributed by atoms with E-state index in [9.17, 15) is 34.2 Å². The molecule has 0 aliphatic heterocycles. The van der Waals surface area contributed by atoms with Crippen LogP contribution < -0.4 is 27.4 Å². The molecule has 224 valence electrons. The van der Waals surface area contributed by atoms with Crippen LogP contribution in [0, 0.1) is 0 Å². The first-order valence-electron chi connectivity index (χ1n) is 13.1. The number of phenolic OH excluding ortho intramolecular Hbond substituents is 1. The van der Waals surface area contributed by atoms with Gasteiger partial charge in [-0.15, -0.1) is 0 Å². The normalized spacial score (nSPS) is 13.8. The fourth-order valence-corrected chi connectivity index (χ4v) is 3.89. The second-order valence-electron chi connectivity index (χ2n) is 9.50. The first kappa shape index (κ1) is 32.7. The number of H-pyrrole nitrogens is 1. The molecule has 0 aliphatic rings. The van der Waals surface area contributed by atoms with Gasteiger partial charge >= 0.3 is 11.9 Å². The maximum Gasteiger partial charge on any atom is 0.326 e. The van der Waals surface area contributed by atoms with E-state index in [1.165, 1.54) is 36.8 Å². The van der Waals surface area contributed by atoms with E-state index in [0.29, 0.717) is 37.1 Å². The van der Waals surface area contributed by atoms with Crippen molar-refractivity contribution in [2.24, 2.45) is 11.5 Å². The van der Waals surface area contributed by atoms with Crippen molar-refractivity contribution < 1.29 is 39.3 Å². The number of aliphatic carboxylic acids is 2. The molecule has 3 amide bonds. The number of aromatic hydroxyl groups is 1. The Kier molecular flexibility index (Phi) is 13.2. The summed E-state index contributed by atoms with van der Waals surface area (Å²) in [5.41, 5.74) is 12.4. The summed E-state index contributed by atoms with van der Waals surface area (Å²) in [7, 11) is 0. The number of rotatable bonds is 18. The molecule has 0 saturated heterocycles. The average molecular weight is 576 g/mol. The van der Waals surface area contributed by atoms with Crippen LogP contribution in [-0.2, 0) is 36.8 Å². The molecule has 4 unspecified atom stereocenters.